The van der Waals surface area contributed by atoms with Crippen molar-refractivity contribution in [1.29, 1.82) is 0 Å². The first kappa shape index (κ1) is 15.2. The lowest BCUT2D eigenvalue weighted by Gasteiger charge is -2.19. The lowest BCUT2D eigenvalue weighted by Crippen LogP contribution is -2.25. The molecule has 1 aromatic rings. The molecule has 0 saturated carbocycles. The zero-order chi connectivity index (χ0) is 13.4. The van der Waals surface area contributed by atoms with Gasteiger partial charge in [0.1, 0.15) is 0 Å². The van der Waals surface area contributed by atoms with Crippen LogP contribution < -0.4 is 0 Å². The summed E-state index contributed by atoms with van der Waals surface area (Å²) in [5, 5.41) is 10.1. The number of likely N-dealkylation sites (N-methyl/N-ethyl adjacent to an activating group) is 1. The summed E-state index contributed by atoms with van der Waals surface area (Å²) in [5.74, 6) is 0. The van der Waals surface area contributed by atoms with Crippen LogP contribution in [0.5, 0.6) is 0 Å². The van der Waals surface area contributed by atoms with Crippen LogP contribution in [0.1, 0.15) is 30.6 Å². The second-order valence-electron chi connectivity index (χ2n) is 4.72. The predicted octanol–water partition coefficient (Wildman–Crippen LogP) is 2.39. The van der Waals surface area contributed by atoms with E-state index in [2.05, 4.69) is 11.9 Å². The van der Waals surface area contributed by atoms with Gasteiger partial charge in [0.2, 0.25) is 0 Å². The first-order chi connectivity index (χ1) is 8.63. The molecule has 3 nitrogen and oxygen atoms in total. The van der Waals surface area contributed by atoms with E-state index in [1.807, 2.05) is 38.1 Å². The van der Waals surface area contributed by atoms with Crippen molar-refractivity contribution >= 4 is 0 Å². The number of aliphatic hydroxyl groups excluding tert-OH is 1. The van der Waals surface area contributed by atoms with Gasteiger partial charge in [-0.2, -0.15) is 0 Å². The average Bonchev–Trinajstić information content (AvgIpc) is 2.36. The molecule has 0 amide bonds. The first-order valence-corrected chi connectivity index (χ1v) is 6.64. The van der Waals surface area contributed by atoms with Gasteiger partial charge >= 0.3 is 0 Å². The van der Waals surface area contributed by atoms with Crippen molar-refractivity contribution < 1.29 is 9.84 Å². The molecule has 0 aliphatic carbocycles. The molecule has 1 aromatic carbocycles. The van der Waals surface area contributed by atoms with Crippen LogP contribution in [0.4, 0.5) is 0 Å². The maximum atomic E-state index is 10.1. The molecular formula is C15H25NO2. The highest BCUT2D eigenvalue weighted by molar-refractivity contribution is 5.23. The molecule has 3 heteroatoms. The van der Waals surface area contributed by atoms with E-state index in [1.54, 1.807) is 0 Å². The number of benzene rings is 1. The normalized spacial score (nSPS) is 12.9. The third-order valence-electron chi connectivity index (χ3n) is 3.03. The highest BCUT2D eigenvalue weighted by atomic mass is 16.5. The number of ether oxygens (including phenoxy) is 1. The van der Waals surface area contributed by atoms with Gasteiger partial charge in [-0.15, -0.1) is 0 Å². The molecule has 0 radical (unpaired) electrons. The van der Waals surface area contributed by atoms with E-state index < -0.39 is 0 Å². The molecule has 0 bridgehead atoms. The predicted molar refractivity (Wildman–Crippen MR) is 74.7 cm³/mol. The molecule has 0 heterocycles. The Morgan fingerprint density at radius 3 is 2.78 bits per heavy atom. The van der Waals surface area contributed by atoms with Crippen LogP contribution in [0.25, 0.3) is 0 Å². The Morgan fingerprint density at radius 2 is 2.11 bits per heavy atom. The molecular weight excluding hydrogens is 226 g/mol. The summed E-state index contributed by atoms with van der Waals surface area (Å²) in [6.45, 7) is 7.36. The first-order valence-electron chi connectivity index (χ1n) is 6.64. The molecule has 0 aromatic heterocycles. The number of aryl methyl sites for hydroxylation is 1. The highest BCUT2D eigenvalue weighted by Crippen LogP contribution is 2.17. The third kappa shape index (κ3) is 5.63. The lowest BCUT2D eigenvalue weighted by molar-refractivity contribution is 0.109. The summed E-state index contributed by atoms with van der Waals surface area (Å²) in [5.41, 5.74) is 2.20. The largest absolute Gasteiger partial charge is 0.388 e. The molecule has 1 unspecified atom stereocenters. The van der Waals surface area contributed by atoms with Gasteiger partial charge in [-0.25, -0.2) is 0 Å². The van der Waals surface area contributed by atoms with E-state index in [1.165, 1.54) is 5.56 Å². The van der Waals surface area contributed by atoms with Crippen LogP contribution in [0.15, 0.2) is 24.3 Å². The van der Waals surface area contributed by atoms with Gasteiger partial charge in [0.25, 0.3) is 0 Å². The second kappa shape index (κ2) is 8.25. The summed E-state index contributed by atoms with van der Waals surface area (Å²) >= 11 is 0. The van der Waals surface area contributed by atoms with Gasteiger partial charge in [0.05, 0.1) is 12.7 Å². The van der Waals surface area contributed by atoms with E-state index >= 15 is 0 Å². The number of nitrogens with zero attached hydrogens (tertiary/aromatic N) is 1. The van der Waals surface area contributed by atoms with Crippen LogP contribution in [0.2, 0.25) is 0 Å². The maximum Gasteiger partial charge on any atom is 0.0802 e. The van der Waals surface area contributed by atoms with Crippen LogP contribution in [0, 0.1) is 6.92 Å². The molecule has 18 heavy (non-hydrogen) atoms. The van der Waals surface area contributed by atoms with Gasteiger partial charge in [0.15, 0.2) is 0 Å². The Bertz CT molecular complexity index is 341. The highest BCUT2D eigenvalue weighted by Gasteiger charge is 2.08. The smallest absolute Gasteiger partial charge is 0.0802 e. The summed E-state index contributed by atoms with van der Waals surface area (Å²) in [6.07, 6.45) is 0.381. The monoisotopic (exact) mass is 251 g/mol. The summed E-state index contributed by atoms with van der Waals surface area (Å²) in [7, 11) is 2.06. The molecule has 0 spiro atoms. The quantitative estimate of drug-likeness (QED) is 0.720. The zero-order valence-electron chi connectivity index (χ0n) is 11.7. The molecule has 1 rings (SSSR count). The van der Waals surface area contributed by atoms with E-state index in [0.717, 1.165) is 38.3 Å². The van der Waals surface area contributed by atoms with Crippen LogP contribution in [-0.2, 0) is 4.74 Å². The van der Waals surface area contributed by atoms with Crippen molar-refractivity contribution in [2.45, 2.75) is 26.4 Å². The van der Waals surface area contributed by atoms with Crippen molar-refractivity contribution in [2.24, 2.45) is 0 Å². The number of aliphatic hydroxyl groups is 1. The minimum absolute atomic E-state index is 0.376. The minimum atomic E-state index is -0.376. The topological polar surface area (TPSA) is 32.7 Å². The number of rotatable bonds is 8. The van der Waals surface area contributed by atoms with Gasteiger partial charge in [-0.1, -0.05) is 29.8 Å². The van der Waals surface area contributed by atoms with Crippen LogP contribution in [-0.4, -0.2) is 43.4 Å². The Hall–Kier alpha value is -0.900. The van der Waals surface area contributed by atoms with Gasteiger partial charge in [0, 0.05) is 19.7 Å². The van der Waals surface area contributed by atoms with Crippen molar-refractivity contribution in [3.8, 4) is 0 Å². The fraction of sp³-hybridized carbons (Fsp3) is 0.600. The summed E-state index contributed by atoms with van der Waals surface area (Å²) in [6, 6.07) is 8.07. The van der Waals surface area contributed by atoms with E-state index in [-0.39, 0.29) is 6.10 Å². The molecule has 0 saturated heterocycles. The van der Waals surface area contributed by atoms with Crippen LogP contribution >= 0.6 is 0 Å². The van der Waals surface area contributed by atoms with Crippen molar-refractivity contribution in [2.75, 3.05) is 33.4 Å². The maximum absolute atomic E-state index is 10.1. The van der Waals surface area contributed by atoms with Crippen LogP contribution in [0.3, 0.4) is 0 Å². The number of hydrogen-bond acceptors (Lipinski definition) is 3. The summed E-state index contributed by atoms with van der Waals surface area (Å²) in [4.78, 5) is 2.19. The Kier molecular flexibility index (Phi) is 6.94. The molecule has 0 aliphatic rings. The van der Waals surface area contributed by atoms with Crippen molar-refractivity contribution in [1.82, 2.24) is 4.90 Å². The second-order valence-corrected chi connectivity index (χ2v) is 4.72. The SMILES string of the molecule is CCOCCN(C)CCC(O)c1cccc(C)c1. The van der Waals surface area contributed by atoms with Gasteiger partial charge in [-0.05, 0) is 32.9 Å². The third-order valence-corrected chi connectivity index (χ3v) is 3.03. The molecule has 102 valence electrons. The summed E-state index contributed by atoms with van der Waals surface area (Å²) < 4.78 is 5.31. The van der Waals surface area contributed by atoms with Crippen molar-refractivity contribution in [3.63, 3.8) is 0 Å². The van der Waals surface area contributed by atoms with E-state index in [9.17, 15) is 5.11 Å². The lowest BCUT2D eigenvalue weighted by atomic mass is 10.0. The Labute approximate surface area is 110 Å². The Balaban J connectivity index is 2.30. The minimum Gasteiger partial charge on any atom is -0.388 e. The average molecular weight is 251 g/mol. The fourth-order valence-corrected chi connectivity index (χ4v) is 1.86. The Morgan fingerprint density at radius 1 is 1.33 bits per heavy atom. The molecule has 0 aliphatic heterocycles. The van der Waals surface area contributed by atoms with Gasteiger partial charge in [-0.3, -0.25) is 0 Å². The molecule has 1 N–H and O–H groups in total. The van der Waals surface area contributed by atoms with E-state index in [0.29, 0.717) is 0 Å². The molecule has 1 atom stereocenters. The van der Waals surface area contributed by atoms with Gasteiger partial charge < -0.3 is 14.7 Å². The van der Waals surface area contributed by atoms with E-state index in [4.69, 9.17) is 4.74 Å². The van der Waals surface area contributed by atoms with Crippen molar-refractivity contribution in [3.05, 3.63) is 35.4 Å². The zero-order valence-corrected chi connectivity index (χ0v) is 11.7. The standard InChI is InChI=1S/C15H25NO2/c1-4-18-11-10-16(3)9-8-15(17)14-7-5-6-13(2)12-14/h5-7,12,15,17H,4,8-11H2,1-3H3. The fourth-order valence-electron chi connectivity index (χ4n) is 1.86. The number of hydrogen-bond donors (Lipinski definition) is 1. The molecule has 0 fully saturated rings.